The van der Waals surface area contributed by atoms with Crippen LogP contribution in [0, 0.1) is 6.92 Å². The van der Waals surface area contributed by atoms with E-state index in [0.717, 1.165) is 10.7 Å². The van der Waals surface area contributed by atoms with Gasteiger partial charge in [-0.2, -0.15) is 0 Å². The summed E-state index contributed by atoms with van der Waals surface area (Å²) in [5.41, 5.74) is 1.46. The molecule has 0 saturated heterocycles. The number of hydrogen-bond donors (Lipinski definition) is 1. The predicted octanol–water partition coefficient (Wildman–Crippen LogP) is 1.66. The van der Waals surface area contributed by atoms with Crippen molar-refractivity contribution >= 4 is 17.3 Å². The van der Waals surface area contributed by atoms with Gasteiger partial charge in [0.1, 0.15) is 5.01 Å². The van der Waals surface area contributed by atoms with Gasteiger partial charge in [-0.25, -0.2) is 9.78 Å². The maximum atomic E-state index is 11.2. The summed E-state index contributed by atoms with van der Waals surface area (Å²) < 4.78 is 4.82. The lowest BCUT2D eigenvalue weighted by atomic mass is 10.3. The first-order chi connectivity index (χ1) is 7.63. The number of thiazole rings is 1. The Morgan fingerprint density at radius 2 is 2.44 bits per heavy atom. The van der Waals surface area contributed by atoms with Crippen molar-refractivity contribution in [3.8, 4) is 0 Å². The van der Waals surface area contributed by atoms with Crippen LogP contribution in [-0.4, -0.2) is 24.1 Å². The number of nitrogens with one attached hydrogen (secondary N) is 1. The molecule has 1 heterocycles. The summed E-state index contributed by atoms with van der Waals surface area (Å²) in [5.74, 6) is -0.342. The molecule has 0 aromatic carbocycles. The highest BCUT2D eigenvalue weighted by molar-refractivity contribution is 7.09. The van der Waals surface area contributed by atoms with E-state index in [1.165, 1.54) is 0 Å². The summed E-state index contributed by atoms with van der Waals surface area (Å²) in [7, 11) is 0. The number of rotatable bonds is 6. The number of carbonyl (C=O) groups is 1. The maximum Gasteiger partial charge on any atom is 0.334 e. The monoisotopic (exact) mass is 240 g/mol. The average molecular weight is 240 g/mol. The molecule has 0 bridgehead atoms. The molecule has 1 aromatic heterocycles. The van der Waals surface area contributed by atoms with Crippen LogP contribution in [0.25, 0.3) is 0 Å². The third kappa shape index (κ3) is 4.12. The van der Waals surface area contributed by atoms with Gasteiger partial charge in [-0.3, -0.25) is 0 Å². The fourth-order valence-corrected chi connectivity index (χ4v) is 1.85. The highest BCUT2D eigenvalue weighted by Crippen LogP contribution is 2.07. The van der Waals surface area contributed by atoms with E-state index in [4.69, 9.17) is 4.74 Å². The van der Waals surface area contributed by atoms with Crippen molar-refractivity contribution in [3.63, 3.8) is 0 Å². The average Bonchev–Trinajstić information content (AvgIpc) is 2.64. The van der Waals surface area contributed by atoms with Crippen molar-refractivity contribution in [3.05, 3.63) is 28.2 Å². The van der Waals surface area contributed by atoms with E-state index in [2.05, 4.69) is 16.9 Å². The third-order valence-electron chi connectivity index (χ3n) is 1.85. The molecule has 1 N–H and O–H groups in total. The lowest BCUT2D eigenvalue weighted by Crippen LogP contribution is -2.21. The number of aromatic nitrogens is 1. The lowest BCUT2D eigenvalue weighted by Gasteiger charge is -2.05. The molecule has 5 heteroatoms. The summed E-state index contributed by atoms with van der Waals surface area (Å²) in [5, 5.41) is 6.11. The van der Waals surface area contributed by atoms with Gasteiger partial charge in [0.05, 0.1) is 6.61 Å². The zero-order chi connectivity index (χ0) is 12.0. The van der Waals surface area contributed by atoms with Crippen LogP contribution in [0.4, 0.5) is 0 Å². The Bertz CT molecular complexity index is 374. The van der Waals surface area contributed by atoms with Crippen LogP contribution >= 0.6 is 11.3 Å². The van der Waals surface area contributed by atoms with E-state index < -0.39 is 0 Å². The van der Waals surface area contributed by atoms with Crippen LogP contribution in [0.1, 0.15) is 17.6 Å². The summed E-state index contributed by atoms with van der Waals surface area (Å²) in [6, 6.07) is 0. The SMILES string of the molecule is C=C(CNCc1nc(C)cs1)C(=O)OCC. The predicted molar refractivity (Wildman–Crippen MR) is 64.3 cm³/mol. The molecule has 1 rings (SSSR count). The quantitative estimate of drug-likeness (QED) is 0.607. The smallest absolute Gasteiger partial charge is 0.334 e. The minimum Gasteiger partial charge on any atom is -0.463 e. The third-order valence-corrected chi connectivity index (χ3v) is 2.81. The second-order valence-electron chi connectivity index (χ2n) is 3.31. The Labute approximate surface area is 99.3 Å². The van der Waals surface area contributed by atoms with Gasteiger partial charge in [-0.05, 0) is 13.8 Å². The molecule has 0 aliphatic heterocycles. The van der Waals surface area contributed by atoms with Crippen LogP contribution < -0.4 is 5.32 Å². The molecule has 4 nitrogen and oxygen atoms in total. The van der Waals surface area contributed by atoms with Crippen molar-refractivity contribution in [1.29, 1.82) is 0 Å². The minimum atomic E-state index is -0.342. The van der Waals surface area contributed by atoms with Gasteiger partial charge in [0, 0.05) is 29.7 Å². The minimum absolute atomic E-state index is 0.342. The Balaban J connectivity index is 2.25. The molecule has 0 aliphatic carbocycles. The van der Waals surface area contributed by atoms with Gasteiger partial charge in [-0.1, -0.05) is 6.58 Å². The normalized spacial score (nSPS) is 10.1. The van der Waals surface area contributed by atoms with Crippen molar-refractivity contribution in [2.75, 3.05) is 13.2 Å². The van der Waals surface area contributed by atoms with Crippen molar-refractivity contribution in [1.82, 2.24) is 10.3 Å². The second-order valence-corrected chi connectivity index (χ2v) is 4.25. The van der Waals surface area contributed by atoms with E-state index in [-0.39, 0.29) is 5.97 Å². The summed E-state index contributed by atoms with van der Waals surface area (Å²) in [4.78, 5) is 15.5. The first kappa shape index (κ1) is 12.9. The molecule has 0 spiro atoms. The standard InChI is InChI=1S/C11H16N2O2S/c1-4-15-11(14)8(2)5-12-6-10-13-9(3)7-16-10/h7,12H,2,4-6H2,1,3H3. The Morgan fingerprint density at radius 1 is 1.69 bits per heavy atom. The molecule has 0 unspecified atom stereocenters. The molecular weight excluding hydrogens is 224 g/mol. The number of carbonyl (C=O) groups excluding carboxylic acids is 1. The van der Waals surface area contributed by atoms with E-state index >= 15 is 0 Å². The second kappa shape index (κ2) is 6.40. The first-order valence-corrected chi connectivity index (χ1v) is 5.98. The van der Waals surface area contributed by atoms with Crippen LogP contribution in [0.3, 0.4) is 0 Å². The Kier molecular flexibility index (Phi) is 5.14. The van der Waals surface area contributed by atoms with Gasteiger partial charge in [-0.15, -0.1) is 11.3 Å². The molecule has 0 amide bonds. The number of esters is 1. The highest BCUT2D eigenvalue weighted by atomic mass is 32.1. The molecule has 0 aliphatic rings. The largest absolute Gasteiger partial charge is 0.463 e. The van der Waals surface area contributed by atoms with Gasteiger partial charge in [0.15, 0.2) is 0 Å². The maximum absolute atomic E-state index is 11.2. The van der Waals surface area contributed by atoms with Crippen LogP contribution in [0.15, 0.2) is 17.5 Å². The molecule has 16 heavy (non-hydrogen) atoms. The summed E-state index contributed by atoms with van der Waals surface area (Å²) >= 11 is 1.60. The molecule has 88 valence electrons. The molecule has 0 saturated carbocycles. The molecule has 0 radical (unpaired) electrons. The highest BCUT2D eigenvalue weighted by Gasteiger charge is 2.07. The molecule has 0 atom stereocenters. The van der Waals surface area contributed by atoms with E-state index in [1.807, 2.05) is 12.3 Å². The van der Waals surface area contributed by atoms with Crippen LogP contribution in [0.2, 0.25) is 0 Å². The lowest BCUT2D eigenvalue weighted by molar-refractivity contribution is -0.138. The van der Waals surface area contributed by atoms with Crippen LogP contribution in [-0.2, 0) is 16.1 Å². The van der Waals surface area contributed by atoms with Crippen molar-refractivity contribution < 1.29 is 9.53 Å². The van der Waals surface area contributed by atoms with Gasteiger partial charge in [0.2, 0.25) is 0 Å². The first-order valence-electron chi connectivity index (χ1n) is 5.10. The van der Waals surface area contributed by atoms with Crippen LogP contribution in [0.5, 0.6) is 0 Å². The van der Waals surface area contributed by atoms with E-state index in [1.54, 1.807) is 18.3 Å². The molecule has 0 fully saturated rings. The van der Waals surface area contributed by atoms with Gasteiger partial charge < -0.3 is 10.1 Å². The van der Waals surface area contributed by atoms with Gasteiger partial charge >= 0.3 is 5.97 Å². The Morgan fingerprint density at radius 3 is 3.00 bits per heavy atom. The molecule has 1 aromatic rings. The fraction of sp³-hybridized carbons (Fsp3) is 0.455. The number of aryl methyl sites for hydroxylation is 1. The zero-order valence-corrected chi connectivity index (χ0v) is 10.4. The molecular formula is C11H16N2O2S. The number of hydrogen-bond acceptors (Lipinski definition) is 5. The summed E-state index contributed by atoms with van der Waals surface area (Å²) in [6.07, 6.45) is 0. The topological polar surface area (TPSA) is 51.2 Å². The van der Waals surface area contributed by atoms with Crippen molar-refractivity contribution in [2.24, 2.45) is 0 Å². The fourth-order valence-electron chi connectivity index (χ4n) is 1.11. The zero-order valence-electron chi connectivity index (χ0n) is 9.58. The van der Waals surface area contributed by atoms with E-state index in [0.29, 0.717) is 25.3 Å². The Hall–Kier alpha value is -1.20. The number of nitrogens with zero attached hydrogens (tertiary/aromatic N) is 1. The van der Waals surface area contributed by atoms with E-state index in [9.17, 15) is 4.79 Å². The van der Waals surface area contributed by atoms with Gasteiger partial charge in [0.25, 0.3) is 0 Å². The van der Waals surface area contributed by atoms with Crippen molar-refractivity contribution in [2.45, 2.75) is 20.4 Å². The number of ether oxygens (including phenoxy) is 1. The summed E-state index contributed by atoms with van der Waals surface area (Å²) in [6.45, 7) is 8.84.